The first-order valence-corrected chi connectivity index (χ1v) is 10.1. The molecule has 10 nitrogen and oxygen atoms in total. The van der Waals surface area contributed by atoms with Crippen molar-refractivity contribution in [1.29, 1.82) is 0 Å². The van der Waals surface area contributed by atoms with Crippen molar-refractivity contribution in [3.63, 3.8) is 0 Å². The minimum atomic E-state index is -0.177. The molecule has 2 aromatic heterocycles. The Hall–Kier alpha value is -3.95. The molecule has 1 saturated heterocycles. The average Bonchev–Trinajstić information content (AvgIpc) is 3.36. The number of amides is 2. The standard InChI is InChI=1S/C22H25N5O5/c1-29-17-13-15(14-18(30-2)21(17)31-3)16-6-7-19(25-24-16)26-8-10-27(11-9-26)22(28)23-20-5-4-12-32-20/h4-7,12-14H,8-11H2,1-3H3,(H,23,28). The van der Waals surface area contributed by atoms with Crippen LogP contribution in [0.15, 0.2) is 47.1 Å². The number of carbonyl (C=O) groups is 1. The number of urea groups is 1. The van der Waals surface area contributed by atoms with E-state index >= 15 is 0 Å². The summed E-state index contributed by atoms with van der Waals surface area (Å²) >= 11 is 0. The maximum Gasteiger partial charge on any atom is 0.324 e. The Morgan fingerprint density at radius 1 is 0.969 bits per heavy atom. The van der Waals surface area contributed by atoms with Gasteiger partial charge in [-0.15, -0.1) is 10.2 Å². The second-order valence-corrected chi connectivity index (χ2v) is 7.07. The van der Waals surface area contributed by atoms with Crippen LogP contribution < -0.4 is 24.4 Å². The monoisotopic (exact) mass is 439 g/mol. The number of anilines is 2. The van der Waals surface area contributed by atoms with E-state index < -0.39 is 0 Å². The summed E-state index contributed by atoms with van der Waals surface area (Å²) in [6.07, 6.45) is 1.52. The Balaban J connectivity index is 1.42. The lowest BCUT2D eigenvalue weighted by molar-refractivity contribution is 0.207. The highest BCUT2D eigenvalue weighted by molar-refractivity contribution is 5.88. The Labute approximate surface area is 185 Å². The molecule has 4 rings (SSSR count). The van der Waals surface area contributed by atoms with Gasteiger partial charge in [0.25, 0.3) is 0 Å². The summed E-state index contributed by atoms with van der Waals surface area (Å²) in [6.45, 7) is 2.46. The van der Waals surface area contributed by atoms with Gasteiger partial charge in [0.15, 0.2) is 17.3 Å². The fraction of sp³-hybridized carbons (Fsp3) is 0.318. The molecule has 1 fully saturated rings. The van der Waals surface area contributed by atoms with E-state index in [1.807, 2.05) is 24.3 Å². The molecule has 10 heteroatoms. The van der Waals surface area contributed by atoms with E-state index in [0.29, 0.717) is 55.0 Å². The lowest BCUT2D eigenvalue weighted by atomic mass is 10.1. The second-order valence-electron chi connectivity index (χ2n) is 7.07. The Kier molecular flexibility index (Phi) is 6.29. The average molecular weight is 439 g/mol. The number of benzene rings is 1. The molecule has 0 atom stereocenters. The molecule has 0 saturated carbocycles. The van der Waals surface area contributed by atoms with Crippen molar-refractivity contribution < 1.29 is 23.4 Å². The fourth-order valence-electron chi connectivity index (χ4n) is 3.55. The molecule has 0 spiro atoms. The van der Waals surface area contributed by atoms with Crippen molar-refractivity contribution in [1.82, 2.24) is 15.1 Å². The largest absolute Gasteiger partial charge is 0.493 e. The highest BCUT2D eigenvalue weighted by Crippen LogP contribution is 2.40. The first-order chi connectivity index (χ1) is 15.6. The number of hydrogen-bond acceptors (Lipinski definition) is 8. The number of hydrogen-bond donors (Lipinski definition) is 1. The zero-order valence-electron chi connectivity index (χ0n) is 18.2. The van der Waals surface area contributed by atoms with Gasteiger partial charge in [-0.05, 0) is 30.3 Å². The first-order valence-electron chi connectivity index (χ1n) is 10.1. The van der Waals surface area contributed by atoms with Gasteiger partial charge in [0.1, 0.15) is 0 Å². The zero-order valence-corrected chi connectivity index (χ0v) is 18.2. The smallest absolute Gasteiger partial charge is 0.324 e. The molecule has 0 radical (unpaired) electrons. The third-order valence-electron chi connectivity index (χ3n) is 5.25. The summed E-state index contributed by atoms with van der Waals surface area (Å²) < 4.78 is 21.4. The van der Waals surface area contributed by atoms with Gasteiger partial charge < -0.3 is 28.4 Å². The maximum atomic E-state index is 12.3. The van der Waals surface area contributed by atoms with Crippen molar-refractivity contribution in [2.24, 2.45) is 0 Å². The predicted molar refractivity (Wildman–Crippen MR) is 119 cm³/mol. The van der Waals surface area contributed by atoms with Gasteiger partial charge in [-0.25, -0.2) is 4.79 Å². The van der Waals surface area contributed by atoms with Gasteiger partial charge in [-0.3, -0.25) is 5.32 Å². The molecule has 1 aliphatic heterocycles. The van der Waals surface area contributed by atoms with Crippen LogP contribution in [0, 0.1) is 0 Å². The van der Waals surface area contributed by atoms with Gasteiger partial charge in [0, 0.05) is 37.8 Å². The first kappa shape index (κ1) is 21.3. The number of aromatic nitrogens is 2. The molecule has 3 heterocycles. The van der Waals surface area contributed by atoms with Crippen LogP contribution in [0.5, 0.6) is 17.2 Å². The van der Waals surface area contributed by atoms with Gasteiger partial charge in [0.05, 0.1) is 33.3 Å². The molecule has 0 bridgehead atoms. The third kappa shape index (κ3) is 4.39. The van der Waals surface area contributed by atoms with Crippen LogP contribution in [0.2, 0.25) is 0 Å². The van der Waals surface area contributed by atoms with E-state index in [9.17, 15) is 4.79 Å². The van der Waals surface area contributed by atoms with E-state index in [4.69, 9.17) is 18.6 Å². The van der Waals surface area contributed by atoms with Crippen LogP contribution in [0.1, 0.15) is 0 Å². The normalized spacial score (nSPS) is 13.6. The van der Waals surface area contributed by atoms with Crippen LogP contribution >= 0.6 is 0 Å². The fourth-order valence-corrected chi connectivity index (χ4v) is 3.55. The molecule has 0 unspecified atom stereocenters. The molecule has 168 valence electrons. The number of rotatable bonds is 6. The van der Waals surface area contributed by atoms with Crippen molar-refractivity contribution in [3.8, 4) is 28.5 Å². The van der Waals surface area contributed by atoms with Crippen LogP contribution in [-0.2, 0) is 0 Å². The maximum absolute atomic E-state index is 12.3. The number of ether oxygens (including phenoxy) is 3. The number of nitrogens with zero attached hydrogens (tertiary/aromatic N) is 4. The van der Waals surface area contributed by atoms with E-state index in [1.54, 1.807) is 38.4 Å². The molecule has 0 aliphatic carbocycles. The molecular formula is C22H25N5O5. The lowest BCUT2D eigenvalue weighted by Crippen LogP contribution is -2.50. The van der Waals surface area contributed by atoms with Crippen LogP contribution in [0.3, 0.4) is 0 Å². The van der Waals surface area contributed by atoms with Crippen molar-refractivity contribution in [3.05, 3.63) is 42.7 Å². The molecular weight excluding hydrogens is 414 g/mol. The third-order valence-corrected chi connectivity index (χ3v) is 5.25. The summed E-state index contributed by atoms with van der Waals surface area (Å²) in [6, 6.07) is 10.8. The van der Waals surface area contributed by atoms with Gasteiger partial charge in [0.2, 0.25) is 11.6 Å². The van der Waals surface area contributed by atoms with Crippen molar-refractivity contribution in [2.45, 2.75) is 0 Å². The van der Waals surface area contributed by atoms with Crippen molar-refractivity contribution in [2.75, 3.05) is 57.7 Å². The highest BCUT2D eigenvalue weighted by atomic mass is 16.5. The van der Waals surface area contributed by atoms with Gasteiger partial charge >= 0.3 is 6.03 Å². The SMILES string of the molecule is COc1cc(-c2ccc(N3CCN(C(=O)Nc4ccco4)CC3)nn2)cc(OC)c1OC. The molecule has 32 heavy (non-hydrogen) atoms. The summed E-state index contributed by atoms with van der Waals surface area (Å²) in [4.78, 5) is 16.2. The number of methoxy groups -OCH3 is 3. The highest BCUT2D eigenvalue weighted by Gasteiger charge is 2.23. The Morgan fingerprint density at radius 2 is 1.69 bits per heavy atom. The number of nitrogens with one attached hydrogen (secondary N) is 1. The van der Waals surface area contributed by atoms with E-state index in [1.165, 1.54) is 6.26 Å². The Bertz CT molecular complexity index is 1020. The number of carbonyl (C=O) groups excluding carboxylic acids is 1. The quantitative estimate of drug-likeness (QED) is 0.625. The second kappa shape index (κ2) is 9.46. The topological polar surface area (TPSA) is 102 Å². The summed E-state index contributed by atoms with van der Waals surface area (Å²) in [5.41, 5.74) is 1.49. The molecule has 1 aliphatic rings. The van der Waals surface area contributed by atoms with Crippen LogP contribution in [0.25, 0.3) is 11.3 Å². The van der Waals surface area contributed by atoms with Crippen LogP contribution in [0.4, 0.5) is 16.5 Å². The summed E-state index contributed by atoms with van der Waals surface area (Å²) in [5.74, 6) is 2.82. The van der Waals surface area contributed by atoms with E-state index in [2.05, 4.69) is 20.4 Å². The molecule has 2 amide bonds. The minimum Gasteiger partial charge on any atom is -0.493 e. The Morgan fingerprint density at radius 3 is 2.22 bits per heavy atom. The summed E-state index contributed by atoms with van der Waals surface area (Å²) in [5, 5.41) is 11.5. The van der Waals surface area contributed by atoms with Crippen molar-refractivity contribution >= 4 is 17.7 Å². The van der Waals surface area contributed by atoms with Gasteiger partial charge in [-0.2, -0.15) is 0 Å². The molecule has 3 aromatic rings. The molecule has 1 N–H and O–H groups in total. The predicted octanol–water partition coefficient (Wildman–Crippen LogP) is 3.12. The number of furan rings is 1. The van der Waals surface area contributed by atoms with E-state index in [-0.39, 0.29) is 6.03 Å². The zero-order chi connectivity index (χ0) is 22.5. The van der Waals surface area contributed by atoms with Crippen LogP contribution in [-0.4, -0.2) is 68.6 Å². The van der Waals surface area contributed by atoms with E-state index in [0.717, 1.165) is 11.4 Å². The van der Waals surface area contributed by atoms with Gasteiger partial charge in [-0.1, -0.05) is 0 Å². The summed E-state index contributed by atoms with van der Waals surface area (Å²) in [7, 11) is 4.71. The molecule has 1 aromatic carbocycles. The lowest BCUT2D eigenvalue weighted by Gasteiger charge is -2.34. The minimum absolute atomic E-state index is 0.177. The number of piperazine rings is 1.